The molecule has 0 aliphatic carbocycles. The van der Waals surface area contributed by atoms with Crippen molar-refractivity contribution in [2.45, 2.75) is 46.1 Å². The molecule has 0 bridgehead atoms. The first-order valence-corrected chi connectivity index (χ1v) is 9.64. The van der Waals surface area contributed by atoms with E-state index in [9.17, 15) is 9.59 Å². The maximum Gasteiger partial charge on any atom is 0.410 e. The molecule has 0 saturated carbocycles. The number of rotatable bonds is 5. The monoisotopic (exact) mass is 394 g/mol. The second kappa shape index (κ2) is 8.51. The third-order valence-corrected chi connectivity index (χ3v) is 4.32. The number of carbonyl (C=O) groups is 2. The highest BCUT2D eigenvalue weighted by atomic mass is 16.6. The van der Waals surface area contributed by atoms with Crippen LogP contribution in [0, 0.1) is 6.92 Å². The Balaban J connectivity index is 1.55. The largest absolute Gasteiger partial charge is 0.444 e. The Labute approximate surface area is 170 Å². The van der Waals surface area contributed by atoms with Gasteiger partial charge in [-0.3, -0.25) is 9.78 Å². The lowest BCUT2D eigenvalue weighted by Gasteiger charge is -2.24. The Morgan fingerprint density at radius 3 is 2.48 bits per heavy atom. The van der Waals surface area contributed by atoms with Gasteiger partial charge < -0.3 is 9.64 Å². The van der Waals surface area contributed by atoms with Crippen molar-refractivity contribution in [3.8, 4) is 0 Å². The van der Waals surface area contributed by atoms with Gasteiger partial charge in [-0.1, -0.05) is 12.1 Å². The molecule has 7 heteroatoms. The van der Waals surface area contributed by atoms with E-state index in [0.29, 0.717) is 24.5 Å². The van der Waals surface area contributed by atoms with E-state index in [1.165, 1.54) is 0 Å². The van der Waals surface area contributed by atoms with Gasteiger partial charge in [-0.15, -0.1) is 0 Å². The van der Waals surface area contributed by atoms with Crippen molar-refractivity contribution in [3.05, 3.63) is 59.2 Å². The number of aryl methyl sites for hydroxylation is 1. The standard InChI is InChI=1S/C22H26N4O3/c1-15-6-5-7-17(23-15)12-19(27)13-18-8-9-20(25-24-18)16-10-11-26(14-16)21(28)29-22(2,3)4/h5-10H,11-14H2,1-4H3. The molecule has 0 N–H and O–H groups in total. The average molecular weight is 394 g/mol. The molecule has 0 fully saturated rings. The molecule has 0 unspecified atom stereocenters. The van der Waals surface area contributed by atoms with E-state index in [0.717, 1.165) is 17.0 Å². The smallest absolute Gasteiger partial charge is 0.410 e. The predicted octanol–water partition coefficient (Wildman–Crippen LogP) is 3.17. The van der Waals surface area contributed by atoms with E-state index in [-0.39, 0.29) is 24.7 Å². The first kappa shape index (κ1) is 20.6. The lowest BCUT2D eigenvalue weighted by molar-refractivity contribution is -0.117. The number of aromatic nitrogens is 3. The van der Waals surface area contributed by atoms with Gasteiger partial charge >= 0.3 is 6.09 Å². The van der Waals surface area contributed by atoms with Crippen LogP contribution in [0.4, 0.5) is 4.79 Å². The fraction of sp³-hybridized carbons (Fsp3) is 0.409. The summed E-state index contributed by atoms with van der Waals surface area (Å²) < 4.78 is 5.40. The molecule has 1 aliphatic rings. The zero-order valence-corrected chi connectivity index (χ0v) is 17.3. The van der Waals surface area contributed by atoms with Gasteiger partial charge in [0.05, 0.1) is 24.4 Å². The summed E-state index contributed by atoms with van der Waals surface area (Å²) in [5.74, 6) is 0.0429. The first-order valence-electron chi connectivity index (χ1n) is 9.64. The van der Waals surface area contributed by atoms with Crippen LogP contribution in [-0.2, 0) is 22.4 Å². The molecular weight excluding hydrogens is 368 g/mol. The number of ketones is 1. The summed E-state index contributed by atoms with van der Waals surface area (Å²) >= 11 is 0. The zero-order valence-electron chi connectivity index (χ0n) is 17.3. The fourth-order valence-electron chi connectivity index (χ4n) is 3.00. The van der Waals surface area contributed by atoms with E-state index in [2.05, 4.69) is 15.2 Å². The van der Waals surface area contributed by atoms with Crippen LogP contribution >= 0.6 is 0 Å². The van der Waals surface area contributed by atoms with Gasteiger partial charge in [-0.25, -0.2) is 4.79 Å². The van der Waals surface area contributed by atoms with Crippen molar-refractivity contribution in [3.63, 3.8) is 0 Å². The van der Waals surface area contributed by atoms with E-state index >= 15 is 0 Å². The number of hydrogen-bond donors (Lipinski definition) is 0. The van der Waals surface area contributed by atoms with Crippen molar-refractivity contribution in [1.82, 2.24) is 20.1 Å². The summed E-state index contributed by atoms with van der Waals surface area (Å²) in [7, 11) is 0. The zero-order chi connectivity index (χ0) is 21.0. The highest BCUT2D eigenvalue weighted by molar-refractivity contribution is 5.82. The molecular formula is C22H26N4O3. The number of amides is 1. The van der Waals surface area contributed by atoms with E-state index in [1.54, 1.807) is 11.0 Å². The molecule has 0 atom stereocenters. The summed E-state index contributed by atoms with van der Waals surface area (Å²) in [6, 6.07) is 9.30. The van der Waals surface area contributed by atoms with E-state index < -0.39 is 5.60 Å². The maximum absolute atomic E-state index is 12.3. The third kappa shape index (κ3) is 5.94. The Kier molecular flexibility index (Phi) is 6.06. The summed E-state index contributed by atoms with van der Waals surface area (Å²) in [4.78, 5) is 30.4. The lowest BCUT2D eigenvalue weighted by Crippen LogP contribution is -2.35. The van der Waals surface area contributed by atoms with Crippen LogP contribution in [0.2, 0.25) is 0 Å². The molecule has 2 aromatic rings. The number of hydrogen-bond acceptors (Lipinski definition) is 6. The van der Waals surface area contributed by atoms with Crippen LogP contribution in [0.1, 0.15) is 43.5 Å². The van der Waals surface area contributed by atoms with Crippen molar-refractivity contribution in [1.29, 1.82) is 0 Å². The maximum atomic E-state index is 12.3. The third-order valence-electron chi connectivity index (χ3n) is 4.32. The Bertz CT molecular complexity index is 930. The quantitative estimate of drug-likeness (QED) is 0.774. The summed E-state index contributed by atoms with van der Waals surface area (Å²) in [5, 5.41) is 8.42. The van der Waals surface area contributed by atoms with Crippen molar-refractivity contribution in [2.24, 2.45) is 0 Å². The van der Waals surface area contributed by atoms with Crippen molar-refractivity contribution >= 4 is 17.4 Å². The van der Waals surface area contributed by atoms with Crippen LogP contribution in [0.3, 0.4) is 0 Å². The molecule has 0 saturated heterocycles. The number of ether oxygens (including phenoxy) is 1. The number of pyridine rings is 1. The van der Waals surface area contributed by atoms with Crippen LogP contribution in [0.15, 0.2) is 36.4 Å². The molecule has 0 spiro atoms. The molecule has 3 heterocycles. The highest BCUT2D eigenvalue weighted by Gasteiger charge is 2.26. The SMILES string of the molecule is Cc1cccc(CC(=O)Cc2ccc(C3=CCN(C(=O)OC(C)(C)C)C3)nn2)n1. The Hall–Kier alpha value is -3.09. The molecule has 29 heavy (non-hydrogen) atoms. The van der Waals surface area contributed by atoms with Gasteiger partial charge in [0, 0.05) is 24.4 Å². The molecule has 152 valence electrons. The normalized spacial score (nSPS) is 13.9. The first-order chi connectivity index (χ1) is 13.7. The predicted molar refractivity (Wildman–Crippen MR) is 109 cm³/mol. The number of nitrogens with zero attached hydrogens (tertiary/aromatic N) is 4. The highest BCUT2D eigenvalue weighted by Crippen LogP contribution is 2.21. The van der Waals surface area contributed by atoms with Crippen molar-refractivity contribution < 1.29 is 14.3 Å². The summed E-state index contributed by atoms with van der Waals surface area (Å²) in [6.07, 6.45) is 2.10. The van der Waals surface area contributed by atoms with Gasteiger partial charge in [0.2, 0.25) is 0 Å². The topological polar surface area (TPSA) is 85.3 Å². The van der Waals surface area contributed by atoms with E-state index in [1.807, 2.05) is 58.0 Å². The van der Waals surface area contributed by atoms with Gasteiger partial charge in [0.1, 0.15) is 11.4 Å². The molecule has 7 nitrogen and oxygen atoms in total. The molecule has 0 radical (unpaired) electrons. The minimum atomic E-state index is -0.526. The molecule has 3 rings (SSSR count). The van der Waals surface area contributed by atoms with Crippen LogP contribution in [-0.4, -0.2) is 50.6 Å². The summed E-state index contributed by atoms with van der Waals surface area (Å²) in [6.45, 7) is 8.35. The lowest BCUT2D eigenvalue weighted by atomic mass is 10.1. The molecule has 1 aliphatic heterocycles. The van der Waals surface area contributed by atoms with Gasteiger partial charge in [0.25, 0.3) is 0 Å². The minimum absolute atomic E-state index is 0.0429. The summed E-state index contributed by atoms with van der Waals surface area (Å²) in [5.41, 5.74) is 3.37. The average Bonchev–Trinajstić information content (AvgIpc) is 3.11. The van der Waals surface area contributed by atoms with Crippen LogP contribution < -0.4 is 0 Å². The second-order valence-corrected chi connectivity index (χ2v) is 8.16. The van der Waals surface area contributed by atoms with Gasteiger partial charge in [-0.05, 0) is 57.5 Å². The fourth-order valence-corrected chi connectivity index (χ4v) is 3.00. The van der Waals surface area contributed by atoms with E-state index in [4.69, 9.17) is 4.74 Å². The minimum Gasteiger partial charge on any atom is -0.444 e. The Morgan fingerprint density at radius 2 is 1.83 bits per heavy atom. The molecule has 1 amide bonds. The van der Waals surface area contributed by atoms with Crippen LogP contribution in [0.25, 0.3) is 5.57 Å². The van der Waals surface area contributed by atoms with Gasteiger partial charge in [-0.2, -0.15) is 10.2 Å². The molecule has 2 aromatic heterocycles. The molecule has 0 aromatic carbocycles. The second-order valence-electron chi connectivity index (χ2n) is 8.16. The number of carbonyl (C=O) groups excluding carboxylic acids is 2. The number of Topliss-reactive ketones (excluding diaryl/α,β-unsaturated/α-hetero) is 1. The van der Waals surface area contributed by atoms with Crippen molar-refractivity contribution in [2.75, 3.05) is 13.1 Å². The van der Waals surface area contributed by atoms with Gasteiger partial charge in [0.15, 0.2) is 0 Å². The van der Waals surface area contributed by atoms with Crippen LogP contribution in [0.5, 0.6) is 0 Å². The Morgan fingerprint density at radius 1 is 1.07 bits per heavy atom.